The molecule has 3 rings (SSSR count). The third-order valence-electron chi connectivity index (χ3n) is 4.03. The van der Waals surface area contributed by atoms with Crippen molar-refractivity contribution in [2.45, 2.75) is 26.0 Å². The number of fused-ring (bicyclic) bond motifs is 1. The second-order valence-electron chi connectivity index (χ2n) is 6.31. The van der Waals surface area contributed by atoms with Crippen LogP contribution >= 0.6 is 11.6 Å². The molecule has 0 aliphatic carbocycles. The Balaban J connectivity index is 2.00. The molecule has 0 bridgehead atoms. The lowest BCUT2D eigenvalue weighted by Gasteiger charge is -2.39. The topological polar surface area (TPSA) is 55.8 Å². The van der Waals surface area contributed by atoms with Gasteiger partial charge in [0.1, 0.15) is 5.75 Å². The van der Waals surface area contributed by atoms with Gasteiger partial charge in [-0.2, -0.15) is 0 Å². The van der Waals surface area contributed by atoms with Crippen LogP contribution in [0.3, 0.4) is 0 Å². The van der Waals surface area contributed by atoms with E-state index in [0.29, 0.717) is 28.6 Å². The van der Waals surface area contributed by atoms with Gasteiger partial charge in [0.15, 0.2) is 5.60 Å². The Bertz CT molecular complexity index is 847. The third kappa shape index (κ3) is 3.33. The molecule has 2 aromatic rings. The van der Waals surface area contributed by atoms with E-state index in [1.54, 1.807) is 55.1 Å². The van der Waals surface area contributed by atoms with E-state index in [2.05, 4.69) is 0 Å². The molecular formula is C19H18ClNO4. The van der Waals surface area contributed by atoms with Crippen LogP contribution in [0.5, 0.6) is 5.75 Å². The summed E-state index contributed by atoms with van der Waals surface area (Å²) in [5, 5.41) is 0.517. The lowest BCUT2D eigenvalue weighted by Crippen LogP contribution is -2.52. The van der Waals surface area contributed by atoms with Gasteiger partial charge in [0.2, 0.25) is 0 Å². The van der Waals surface area contributed by atoms with Gasteiger partial charge < -0.3 is 14.4 Å². The number of methoxy groups -OCH3 is 1. The highest BCUT2D eigenvalue weighted by atomic mass is 35.5. The Labute approximate surface area is 151 Å². The summed E-state index contributed by atoms with van der Waals surface area (Å²) in [4.78, 5) is 26.2. The van der Waals surface area contributed by atoms with Crippen LogP contribution in [0.4, 0.5) is 5.69 Å². The molecular weight excluding hydrogens is 342 g/mol. The monoisotopic (exact) mass is 359 g/mol. The molecule has 1 amide bonds. The second-order valence-corrected chi connectivity index (χ2v) is 6.74. The molecule has 0 aromatic heterocycles. The quantitative estimate of drug-likeness (QED) is 0.781. The number of anilines is 1. The number of ether oxygens (including phenoxy) is 2. The molecule has 1 heterocycles. The van der Waals surface area contributed by atoms with Crippen LogP contribution in [0, 0.1) is 0 Å². The molecule has 130 valence electrons. The first-order chi connectivity index (χ1) is 11.8. The number of nitrogens with zero attached hydrogens (tertiary/aromatic N) is 1. The second kappa shape index (κ2) is 6.41. The Morgan fingerprint density at radius 2 is 2.00 bits per heavy atom. The number of esters is 1. The summed E-state index contributed by atoms with van der Waals surface area (Å²) in [7, 11) is 1.33. The van der Waals surface area contributed by atoms with Gasteiger partial charge >= 0.3 is 5.97 Å². The van der Waals surface area contributed by atoms with Gasteiger partial charge in [0.05, 0.1) is 24.9 Å². The van der Waals surface area contributed by atoms with Crippen LogP contribution in [-0.2, 0) is 16.1 Å². The van der Waals surface area contributed by atoms with E-state index in [4.69, 9.17) is 21.1 Å². The first-order valence-corrected chi connectivity index (χ1v) is 8.17. The highest BCUT2D eigenvalue weighted by Crippen LogP contribution is 2.40. The van der Waals surface area contributed by atoms with E-state index in [9.17, 15) is 9.59 Å². The maximum Gasteiger partial charge on any atom is 0.337 e. The zero-order valence-electron chi connectivity index (χ0n) is 14.2. The van der Waals surface area contributed by atoms with E-state index in [1.165, 1.54) is 7.11 Å². The van der Waals surface area contributed by atoms with Crippen LogP contribution in [0.1, 0.15) is 29.8 Å². The molecule has 2 aromatic carbocycles. The minimum atomic E-state index is -0.985. The lowest BCUT2D eigenvalue weighted by atomic mass is 10.0. The van der Waals surface area contributed by atoms with E-state index in [1.807, 2.05) is 6.07 Å². The maximum atomic E-state index is 12.9. The number of hydrogen-bond acceptors (Lipinski definition) is 4. The predicted octanol–water partition coefficient (Wildman–Crippen LogP) is 3.83. The number of carbonyl (C=O) groups is 2. The minimum Gasteiger partial charge on any atom is -0.476 e. The van der Waals surface area contributed by atoms with Crippen LogP contribution in [0.2, 0.25) is 5.02 Å². The van der Waals surface area contributed by atoms with Crippen LogP contribution in [-0.4, -0.2) is 24.6 Å². The molecule has 1 aliphatic heterocycles. The molecule has 0 unspecified atom stereocenters. The largest absolute Gasteiger partial charge is 0.476 e. The first kappa shape index (κ1) is 17.3. The van der Waals surface area contributed by atoms with Gasteiger partial charge in [-0.1, -0.05) is 23.7 Å². The molecule has 0 atom stereocenters. The van der Waals surface area contributed by atoms with Gasteiger partial charge in [-0.05, 0) is 49.7 Å². The first-order valence-electron chi connectivity index (χ1n) is 7.79. The summed E-state index contributed by atoms with van der Waals surface area (Å²) in [6, 6.07) is 12.2. The number of amides is 1. The smallest absolute Gasteiger partial charge is 0.337 e. The maximum absolute atomic E-state index is 12.9. The highest BCUT2D eigenvalue weighted by Gasteiger charge is 2.40. The molecule has 1 aliphatic rings. The number of halogens is 1. The zero-order chi connectivity index (χ0) is 18.2. The third-order valence-corrected chi connectivity index (χ3v) is 4.26. The SMILES string of the molecule is COC(=O)c1cccc(CN2C(=O)C(C)(C)Oc3ccc(Cl)cc32)c1. The molecule has 5 nitrogen and oxygen atoms in total. The Morgan fingerprint density at radius 1 is 1.24 bits per heavy atom. The van der Waals surface area contributed by atoms with Crippen LogP contribution in [0.25, 0.3) is 0 Å². The Kier molecular flexibility index (Phi) is 4.43. The molecule has 0 saturated heterocycles. The van der Waals surface area contributed by atoms with Gasteiger partial charge in [0, 0.05) is 5.02 Å². The number of rotatable bonds is 3. The average molecular weight is 360 g/mol. The van der Waals surface area contributed by atoms with E-state index < -0.39 is 11.6 Å². The fraction of sp³-hybridized carbons (Fsp3) is 0.263. The Morgan fingerprint density at radius 3 is 2.72 bits per heavy atom. The van der Waals surface area contributed by atoms with Gasteiger partial charge in [-0.15, -0.1) is 0 Å². The molecule has 0 saturated carbocycles. The van der Waals surface area contributed by atoms with Gasteiger partial charge in [-0.3, -0.25) is 4.79 Å². The number of hydrogen-bond donors (Lipinski definition) is 0. The van der Waals surface area contributed by atoms with Crippen molar-refractivity contribution < 1.29 is 19.1 Å². The molecule has 0 spiro atoms. The van der Waals surface area contributed by atoms with Crippen molar-refractivity contribution >= 4 is 29.2 Å². The van der Waals surface area contributed by atoms with Crippen molar-refractivity contribution in [2.75, 3.05) is 12.0 Å². The number of carbonyl (C=O) groups excluding carboxylic acids is 2. The van der Waals surface area contributed by atoms with E-state index in [-0.39, 0.29) is 5.91 Å². The van der Waals surface area contributed by atoms with Crippen molar-refractivity contribution in [2.24, 2.45) is 0 Å². The lowest BCUT2D eigenvalue weighted by molar-refractivity contribution is -0.132. The van der Waals surface area contributed by atoms with Crippen LogP contribution in [0.15, 0.2) is 42.5 Å². The van der Waals surface area contributed by atoms with Crippen molar-refractivity contribution in [3.63, 3.8) is 0 Å². The normalized spacial score (nSPS) is 15.4. The fourth-order valence-electron chi connectivity index (χ4n) is 2.79. The predicted molar refractivity (Wildman–Crippen MR) is 95.1 cm³/mol. The molecule has 0 radical (unpaired) electrons. The summed E-state index contributed by atoms with van der Waals surface area (Å²) < 4.78 is 10.6. The van der Waals surface area contributed by atoms with Crippen molar-refractivity contribution in [1.29, 1.82) is 0 Å². The van der Waals surface area contributed by atoms with Crippen molar-refractivity contribution in [3.05, 3.63) is 58.6 Å². The molecule has 0 N–H and O–H groups in total. The molecule has 0 fully saturated rings. The Hall–Kier alpha value is -2.53. The highest BCUT2D eigenvalue weighted by molar-refractivity contribution is 6.31. The average Bonchev–Trinajstić information content (AvgIpc) is 2.59. The van der Waals surface area contributed by atoms with E-state index in [0.717, 1.165) is 5.56 Å². The molecule has 25 heavy (non-hydrogen) atoms. The van der Waals surface area contributed by atoms with Gasteiger partial charge in [-0.25, -0.2) is 4.79 Å². The summed E-state index contributed by atoms with van der Waals surface area (Å²) in [6.45, 7) is 3.75. The van der Waals surface area contributed by atoms with Gasteiger partial charge in [0.25, 0.3) is 5.91 Å². The zero-order valence-corrected chi connectivity index (χ0v) is 15.0. The summed E-state index contributed by atoms with van der Waals surface area (Å²) in [5.74, 6) is 0.00258. The fourth-order valence-corrected chi connectivity index (χ4v) is 2.96. The summed E-state index contributed by atoms with van der Waals surface area (Å²) in [5.41, 5.74) is 0.868. The van der Waals surface area contributed by atoms with Crippen LogP contribution < -0.4 is 9.64 Å². The number of benzene rings is 2. The van der Waals surface area contributed by atoms with Crippen molar-refractivity contribution in [1.82, 2.24) is 0 Å². The minimum absolute atomic E-state index is 0.175. The van der Waals surface area contributed by atoms with E-state index >= 15 is 0 Å². The molecule has 6 heteroatoms. The summed E-state index contributed by atoms with van der Waals surface area (Å²) >= 11 is 6.09. The summed E-state index contributed by atoms with van der Waals surface area (Å²) in [6.07, 6.45) is 0. The standard InChI is InChI=1S/C19H18ClNO4/c1-19(2)18(23)21(15-10-14(20)7-8-16(15)25-19)11-12-5-4-6-13(9-12)17(22)24-3/h4-10H,11H2,1-3H3. The van der Waals surface area contributed by atoms with Crippen molar-refractivity contribution in [3.8, 4) is 5.75 Å².